The maximum Gasteiger partial charge on any atom is 0.413 e. The van der Waals surface area contributed by atoms with Gasteiger partial charge in [-0.25, -0.2) is 4.39 Å². The van der Waals surface area contributed by atoms with Gasteiger partial charge in [0, 0.05) is 98.5 Å². The number of nitriles is 3. The summed E-state index contributed by atoms with van der Waals surface area (Å²) in [4.78, 5) is 45.9. The molecular weight excluding hydrogens is 1170 g/mol. The van der Waals surface area contributed by atoms with Crippen LogP contribution in [-0.2, 0) is 0 Å². The molecule has 0 amide bonds. The number of aromatic nitrogens is 3. The standard InChI is InChI=1S/2C26H31N3O2.C22H19F4N3O/c2*1-16(19-4-3-5-19)24-13-22(17(2)29(24)20-8-6-18(14-27)7-9-20)26(31)15-28-21-10-11-23(28)25(30)12-21;1-12-20(21(23)13(2)29(12)15-5-3-14(10-27)4-6-15)19(30)11-28-16-7-8-18(28)17(9-16)22(24,25)26/h2*6-9,13,16,19,21,23,25,30H,3-5,10-12,15H2,1-2H3;3-6,9,16,18H,7-8,11H2,1-2H3/t16-,21?,23?,25+;16-,21?,23?,25-;/m10./s1. The average molecular weight is 1250 g/mol. The normalized spacial score (nSPS) is 24.8. The molecule has 18 heteroatoms. The fraction of sp³-hybridized carbons (Fsp3) is 0.486. The summed E-state index contributed by atoms with van der Waals surface area (Å²) in [5, 5.41) is 47.8. The molecule has 3 aromatic carbocycles. The van der Waals surface area contributed by atoms with Gasteiger partial charge in [0.2, 0.25) is 0 Å². The quantitative estimate of drug-likeness (QED) is 0.0533. The lowest BCUT2D eigenvalue weighted by Crippen LogP contribution is -2.37. The third-order valence-electron chi connectivity index (χ3n) is 22.3. The van der Waals surface area contributed by atoms with Gasteiger partial charge in [-0.2, -0.15) is 29.0 Å². The number of carbonyl (C=O) groups is 3. The van der Waals surface area contributed by atoms with Crippen molar-refractivity contribution in [3.63, 3.8) is 0 Å². The molecule has 14 rings (SSSR count). The summed E-state index contributed by atoms with van der Waals surface area (Å²) in [7, 11) is 0. The predicted molar refractivity (Wildman–Crippen MR) is 341 cm³/mol. The van der Waals surface area contributed by atoms with Crippen LogP contribution in [0.4, 0.5) is 17.6 Å². The number of ketones is 3. The number of aliphatic hydroxyl groups is 2. The van der Waals surface area contributed by atoms with E-state index in [2.05, 4.69) is 57.1 Å². The van der Waals surface area contributed by atoms with E-state index in [1.807, 2.05) is 68.4 Å². The molecule has 6 aromatic rings. The van der Waals surface area contributed by atoms with Crippen molar-refractivity contribution >= 4 is 17.3 Å². The van der Waals surface area contributed by atoms with Gasteiger partial charge in [0.25, 0.3) is 0 Å². The number of halogens is 4. The summed E-state index contributed by atoms with van der Waals surface area (Å²) in [6.07, 6.45) is 10.4. The monoisotopic (exact) mass is 1250 g/mol. The number of carbonyl (C=O) groups excluding carboxylic acids is 3. The van der Waals surface area contributed by atoms with Crippen LogP contribution in [-0.4, -0.2) is 130 Å². The number of nitrogens with zero attached hydrogens (tertiary/aromatic N) is 9. The van der Waals surface area contributed by atoms with E-state index >= 15 is 4.39 Å². The van der Waals surface area contributed by atoms with E-state index in [9.17, 15) is 37.8 Å². The van der Waals surface area contributed by atoms with E-state index in [1.165, 1.54) is 60.9 Å². The lowest BCUT2D eigenvalue weighted by molar-refractivity contribution is -0.0978. The molecule has 3 aromatic heterocycles. The second-order valence-corrected chi connectivity index (χ2v) is 27.2. The van der Waals surface area contributed by atoms with Crippen molar-refractivity contribution in [2.45, 2.75) is 198 Å². The molecule has 2 saturated carbocycles. The van der Waals surface area contributed by atoms with Gasteiger partial charge in [0.05, 0.1) is 78.0 Å². The lowest BCUT2D eigenvalue weighted by Gasteiger charge is -2.32. The molecule has 5 saturated heterocycles. The van der Waals surface area contributed by atoms with Crippen LogP contribution in [0.25, 0.3) is 17.1 Å². The van der Waals surface area contributed by atoms with Crippen molar-refractivity contribution in [3.8, 4) is 35.3 Å². The largest absolute Gasteiger partial charge is 0.413 e. The van der Waals surface area contributed by atoms with Crippen molar-refractivity contribution in [3.05, 3.63) is 170 Å². The molecule has 6 unspecified atom stereocenters. The summed E-state index contributed by atoms with van der Waals surface area (Å²) in [5.41, 5.74) is 10.2. The van der Waals surface area contributed by atoms with Crippen molar-refractivity contribution in [2.24, 2.45) is 11.8 Å². The van der Waals surface area contributed by atoms with Crippen LogP contribution < -0.4 is 0 Å². The molecule has 10 atom stereocenters. The number of rotatable bonds is 16. The summed E-state index contributed by atoms with van der Waals surface area (Å²) in [5.74, 6) is 1.20. The molecule has 7 fully saturated rings. The zero-order valence-corrected chi connectivity index (χ0v) is 53.3. The maximum atomic E-state index is 15.0. The first-order valence-corrected chi connectivity index (χ1v) is 32.9. The first kappa shape index (κ1) is 64.3. The average Bonchev–Trinajstić information content (AvgIpc) is 1.63. The van der Waals surface area contributed by atoms with Crippen molar-refractivity contribution in [1.82, 2.24) is 28.4 Å². The number of fused-ring (bicyclic) bond motifs is 6. The first-order valence-electron chi connectivity index (χ1n) is 32.9. The molecule has 92 heavy (non-hydrogen) atoms. The number of Topliss-reactive ketones (excluding diaryl/α,β-unsaturated/α-hetero) is 3. The van der Waals surface area contributed by atoms with Crippen molar-refractivity contribution in [1.29, 1.82) is 15.8 Å². The molecule has 6 aliphatic heterocycles. The van der Waals surface area contributed by atoms with Crippen LogP contribution in [0.2, 0.25) is 0 Å². The Bertz CT molecular complexity index is 3800. The molecule has 9 heterocycles. The number of alkyl halides is 3. The number of benzene rings is 3. The van der Waals surface area contributed by atoms with E-state index in [0.717, 1.165) is 72.4 Å². The molecule has 0 spiro atoms. The van der Waals surface area contributed by atoms with Gasteiger partial charge in [-0.05, 0) is 213 Å². The Kier molecular flexibility index (Phi) is 18.2. The van der Waals surface area contributed by atoms with Gasteiger partial charge in [-0.3, -0.25) is 29.1 Å². The van der Waals surface area contributed by atoms with Gasteiger partial charge in [-0.1, -0.05) is 32.8 Å². The minimum Gasteiger partial charge on any atom is -0.391 e. The SMILES string of the molecule is Cc1c(C(=O)CN2C3CCC2[C@@H](O)C3)cc([C@@H](C)C2CCC2)n1-c1ccc(C#N)cc1.Cc1c(C(=O)CN2C3CCC2[C@@H](O)C3)cc([C@H](C)C2CCC2)n1-c1ccc(C#N)cc1.Cc1c(F)c(C(=O)CN2C3C=C(C(F)(F)F)C2CC3)c(C)n1-c1ccc(C#N)cc1. The second-order valence-electron chi connectivity index (χ2n) is 27.2. The Morgan fingerprint density at radius 1 is 0.533 bits per heavy atom. The molecule has 6 bridgehead atoms. The first-order chi connectivity index (χ1) is 44.1. The Hall–Kier alpha value is -7.76. The Morgan fingerprint density at radius 3 is 1.27 bits per heavy atom. The van der Waals surface area contributed by atoms with E-state index in [0.29, 0.717) is 89.8 Å². The minimum absolute atomic E-state index is 0.100. The highest BCUT2D eigenvalue weighted by molar-refractivity contribution is 6.01. The van der Waals surface area contributed by atoms with Crippen molar-refractivity contribution < 1.29 is 42.2 Å². The number of aliphatic hydroxyl groups excluding tert-OH is 2. The predicted octanol–water partition coefficient (Wildman–Crippen LogP) is 13.3. The summed E-state index contributed by atoms with van der Waals surface area (Å²) >= 11 is 0. The third-order valence-corrected chi connectivity index (χ3v) is 22.3. The zero-order valence-electron chi connectivity index (χ0n) is 53.3. The van der Waals surface area contributed by atoms with Gasteiger partial charge in [0.1, 0.15) is 0 Å². The highest BCUT2D eigenvalue weighted by Gasteiger charge is 2.52. The Morgan fingerprint density at radius 2 is 0.935 bits per heavy atom. The van der Waals surface area contributed by atoms with E-state index in [4.69, 9.17) is 15.8 Å². The van der Waals surface area contributed by atoms with Crippen LogP contribution in [0.3, 0.4) is 0 Å². The Balaban J connectivity index is 0.000000133. The van der Waals surface area contributed by atoms with Gasteiger partial charge in [0.15, 0.2) is 23.2 Å². The third kappa shape index (κ3) is 11.9. The molecular formula is C74H81F4N9O5. The summed E-state index contributed by atoms with van der Waals surface area (Å²) in [6, 6.07) is 32.1. The lowest BCUT2D eigenvalue weighted by atomic mass is 9.75. The fourth-order valence-corrected chi connectivity index (χ4v) is 16.7. The maximum absolute atomic E-state index is 15.0. The number of hydrogen-bond donors (Lipinski definition) is 2. The molecule has 14 nitrogen and oxygen atoms in total. The summed E-state index contributed by atoms with van der Waals surface area (Å²) < 4.78 is 60.7. The fourth-order valence-electron chi connectivity index (χ4n) is 16.7. The second kappa shape index (κ2) is 26.0. The molecule has 2 N–H and O–H groups in total. The molecule has 480 valence electrons. The molecule has 8 aliphatic rings. The minimum atomic E-state index is -4.42. The van der Waals surface area contributed by atoms with Crippen molar-refractivity contribution in [2.75, 3.05) is 19.6 Å². The van der Waals surface area contributed by atoms with Gasteiger partial charge >= 0.3 is 6.18 Å². The van der Waals surface area contributed by atoms with Crippen LogP contribution >= 0.6 is 0 Å². The van der Waals surface area contributed by atoms with Gasteiger partial charge < -0.3 is 23.9 Å². The highest BCUT2D eigenvalue weighted by Crippen LogP contribution is 2.47. The van der Waals surface area contributed by atoms with E-state index < -0.39 is 35.4 Å². The zero-order chi connectivity index (χ0) is 65.2. The smallest absolute Gasteiger partial charge is 0.391 e. The highest BCUT2D eigenvalue weighted by atomic mass is 19.4. The van der Waals surface area contributed by atoms with Crippen LogP contribution in [0.1, 0.15) is 198 Å². The Labute approximate surface area is 535 Å². The molecule has 0 radical (unpaired) electrons. The number of hydrogen-bond acceptors (Lipinski definition) is 11. The van der Waals surface area contributed by atoms with E-state index in [1.54, 1.807) is 42.7 Å². The van der Waals surface area contributed by atoms with Crippen LogP contribution in [0, 0.1) is 79.3 Å². The van der Waals surface area contributed by atoms with E-state index in [-0.39, 0.29) is 53.7 Å². The van der Waals surface area contributed by atoms with Gasteiger partial charge in [-0.15, -0.1) is 0 Å². The topological polar surface area (TPSA) is 188 Å². The summed E-state index contributed by atoms with van der Waals surface area (Å²) in [6.45, 7) is 12.3. The van der Waals surface area contributed by atoms with Crippen LogP contribution in [0.5, 0.6) is 0 Å². The molecule has 2 aliphatic carbocycles. The van der Waals surface area contributed by atoms with Crippen LogP contribution in [0.15, 0.2) is 96.6 Å².